The molecule has 3 heteroatoms. The molecule has 0 radical (unpaired) electrons. The lowest BCUT2D eigenvalue weighted by Gasteiger charge is -2.19. The number of carboxylic acids is 1. The topological polar surface area (TPSA) is 40.5 Å². The van der Waals surface area contributed by atoms with Gasteiger partial charge >= 0.3 is 5.97 Å². The number of rotatable bonds is 7. The van der Waals surface area contributed by atoms with Crippen LogP contribution in [0.3, 0.4) is 0 Å². The molecule has 3 nitrogen and oxygen atoms in total. The van der Waals surface area contributed by atoms with Crippen molar-refractivity contribution in [3.63, 3.8) is 0 Å². The molecule has 0 saturated carbocycles. The van der Waals surface area contributed by atoms with Crippen LogP contribution in [0.4, 0.5) is 0 Å². The molecule has 0 heterocycles. The second kappa shape index (κ2) is 7.60. The second-order valence-electron chi connectivity index (χ2n) is 5.08. The molecule has 0 aliphatic carbocycles. The predicted octanol–water partition coefficient (Wildman–Crippen LogP) is 3.65. The maximum atomic E-state index is 10.6. The van der Waals surface area contributed by atoms with Crippen molar-refractivity contribution in [2.45, 2.75) is 19.9 Å². The zero-order chi connectivity index (χ0) is 15.1. The van der Waals surface area contributed by atoms with Gasteiger partial charge in [-0.3, -0.25) is 9.69 Å². The van der Waals surface area contributed by atoms with E-state index in [1.807, 2.05) is 18.2 Å². The standard InChI is InChI=1S/C18H21NO2/c1-2-19(13-12-18(20)21)14-15-8-10-17(11-9-15)16-6-4-3-5-7-16/h3-11H,2,12-14H2,1H3,(H,20,21). The monoisotopic (exact) mass is 283 g/mol. The number of nitrogens with zero attached hydrogens (tertiary/aromatic N) is 1. The van der Waals surface area contributed by atoms with Gasteiger partial charge in [0.15, 0.2) is 0 Å². The summed E-state index contributed by atoms with van der Waals surface area (Å²) in [6, 6.07) is 18.8. The van der Waals surface area contributed by atoms with E-state index in [0.29, 0.717) is 6.54 Å². The molecule has 0 aromatic heterocycles. The van der Waals surface area contributed by atoms with Crippen LogP contribution in [0.2, 0.25) is 0 Å². The zero-order valence-corrected chi connectivity index (χ0v) is 12.3. The molecule has 0 bridgehead atoms. The second-order valence-corrected chi connectivity index (χ2v) is 5.08. The van der Waals surface area contributed by atoms with Crippen LogP contribution in [0.25, 0.3) is 11.1 Å². The summed E-state index contributed by atoms with van der Waals surface area (Å²) in [5.74, 6) is -0.743. The molecule has 0 saturated heterocycles. The fourth-order valence-corrected chi connectivity index (χ4v) is 2.29. The maximum absolute atomic E-state index is 10.6. The highest BCUT2D eigenvalue weighted by Gasteiger charge is 2.06. The number of carboxylic acid groups (broad SMARTS) is 1. The van der Waals surface area contributed by atoms with Gasteiger partial charge in [-0.2, -0.15) is 0 Å². The molecule has 110 valence electrons. The lowest BCUT2D eigenvalue weighted by Crippen LogP contribution is -2.25. The van der Waals surface area contributed by atoms with Crippen molar-refractivity contribution in [3.8, 4) is 11.1 Å². The van der Waals surface area contributed by atoms with Gasteiger partial charge in [0, 0.05) is 13.1 Å². The Kier molecular flexibility index (Phi) is 5.52. The van der Waals surface area contributed by atoms with Crippen molar-refractivity contribution in [1.82, 2.24) is 4.90 Å². The summed E-state index contributed by atoms with van der Waals surface area (Å²) in [6.07, 6.45) is 0.190. The minimum Gasteiger partial charge on any atom is -0.481 e. The minimum atomic E-state index is -0.743. The van der Waals surface area contributed by atoms with Crippen LogP contribution in [-0.4, -0.2) is 29.1 Å². The molecule has 2 aromatic carbocycles. The van der Waals surface area contributed by atoms with Crippen molar-refractivity contribution in [3.05, 3.63) is 60.2 Å². The number of carbonyl (C=O) groups is 1. The van der Waals surface area contributed by atoms with Crippen molar-refractivity contribution < 1.29 is 9.90 Å². The Morgan fingerprint density at radius 1 is 1.00 bits per heavy atom. The molecule has 0 unspecified atom stereocenters. The lowest BCUT2D eigenvalue weighted by molar-refractivity contribution is -0.137. The average molecular weight is 283 g/mol. The van der Waals surface area contributed by atoms with Gasteiger partial charge in [-0.15, -0.1) is 0 Å². The van der Waals surface area contributed by atoms with Crippen molar-refractivity contribution in [2.75, 3.05) is 13.1 Å². The molecule has 1 N–H and O–H groups in total. The third-order valence-electron chi connectivity index (χ3n) is 3.56. The summed E-state index contributed by atoms with van der Waals surface area (Å²) in [5, 5.41) is 8.76. The predicted molar refractivity (Wildman–Crippen MR) is 85.1 cm³/mol. The third kappa shape index (κ3) is 4.72. The zero-order valence-electron chi connectivity index (χ0n) is 12.3. The fraction of sp³-hybridized carbons (Fsp3) is 0.278. The highest BCUT2D eigenvalue weighted by atomic mass is 16.4. The van der Waals surface area contributed by atoms with Gasteiger partial charge in [0.2, 0.25) is 0 Å². The Morgan fingerprint density at radius 2 is 1.62 bits per heavy atom. The summed E-state index contributed by atoms with van der Waals surface area (Å²) < 4.78 is 0. The molecular weight excluding hydrogens is 262 g/mol. The summed E-state index contributed by atoms with van der Waals surface area (Å²) in [7, 11) is 0. The van der Waals surface area contributed by atoms with Gasteiger partial charge in [-0.1, -0.05) is 61.5 Å². The fourth-order valence-electron chi connectivity index (χ4n) is 2.29. The van der Waals surface area contributed by atoms with E-state index in [2.05, 4.69) is 48.2 Å². The summed E-state index contributed by atoms with van der Waals surface area (Å²) in [6.45, 7) is 4.29. The van der Waals surface area contributed by atoms with Crippen LogP contribution in [0.1, 0.15) is 18.9 Å². The number of hydrogen-bond donors (Lipinski definition) is 1. The van der Waals surface area contributed by atoms with Crippen LogP contribution in [-0.2, 0) is 11.3 Å². The Morgan fingerprint density at radius 3 is 2.19 bits per heavy atom. The van der Waals surface area contributed by atoms with E-state index in [4.69, 9.17) is 5.11 Å². The molecule has 2 rings (SSSR count). The van der Waals surface area contributed by atoms with Gasteiger partial charge in [0.1, 0.15) is 0 Å². The van der Waals surface area contributed by atoms with E-state index in [1.165, 1.54) is 16.7 Å². The van der Waals surface area contributed by atoms with E-state index in [9.17, 15) is 4.79 Å². The minimum absolute atomic E-state index is 0.190. The SMILES string of the molecule is CCN(CCC(=O)O)Cc1ccc(-c2ccccc2)cc1. The Labute approximate surface area is 125 Å². The lowest BCUT2D eigenvalue weighted by atomic mass is 10.0. The van der Waals surface area contributed by atoms with E-state index >= 15 is 0 Å². The molecular formula is C18H21NO2. The van der Waals surface area contributed by atoms with Crippen LogP contribution in [0.15, 0.2) is 54.6 Å². The Hall–Kier alpha value is -2.13. The summed E-state index contributed by atoms with van der Waals surface area (Å²) >= 11 is 0. The first-order valence-electron chi connectivity index (χ1n) is 7.27. The quantitative estimate of drug-likeness (QED) is 0.843. The van der Waals surface area contributed by atoms with Crippen molar-refractivity contribution in [2.24, 2.45) is 0 Å². The smallest absolute Gasteiger partial charge is 0.304 e. The van der Waals surface area contributed by atoms with Gasteiger partial charge in [0.05, 0.1) is 6.42 Å². The summed E-state index contributed by atoms with van der Waals surface area (Å²) in [5.41, 5.74) is 3.62. The van der Waals surface area contributed by atoms with Crippen molar-refractivity contribution >= 4 is 5.97 Å². The molecule has 0 fully saturated rings. The van der Waals surface area contributed by atoms with Gasteiger partial charge < -0.3 is 5.11 Å². The molecule has 2 aromatic rings. The first kappa shape index (κ1) is 15.3. The first-order valence-corrected chi connectivity index (χ1v) is 7.27. The Balaban J connectivity index is 2.00. The molecule has 21 heavy (non-hydrogen) atoms. The van der Waals surface area contributed by atoms with Gasteiger partial charge in [-0.05, 0) is 23.2 Å². The van der Waals surface area contributed by atoms with Crippen LogP contribution >= 0.6 is 0 Å². The average Bonchev–Trinajstić information content (AvgIpc) is 2.52. The maximum Gasteiger partial charge on any atom is 0.304 e. The molecule has 0 atom stereocenters. The van der Waals surface area contributed by atoms with Gasteiger partial charge in [0.25, 0.3) is 0 Å². The van der Waals surface area contributed by atoms with Crippen LogP contribution < -0.4 is 0 Å². The molecule has 0 spiro atoms. The van der Waals surface area contributed by atoms with Gasteiger partial charge in [-0.25, -0.2) is 0 Å². The highest BCUT2D eigenvalue weighted by molar-refractivity contribution is 5.66. The number of aliphatic carboxylic acids is 1. The first-order chi connectivity index (χ1) is 10.2. The molecule has 0 aliphatic rings. The van der Waals surface area contributed by atoms with E-state index in [1.54, 1.807) is 0 Å². The third-order valence-corrected chi connectivity index (χ3v) is 3.56. The molecule has 0 aliphatic heterocycles. The van der Waals surface area contributed by atoms with E-state index < -0.39 is 5.97 Å². The normalized spacial score (nSPS) is 10.8. The van der Waals surface area contributed by atoms with E-state index in [0.717, 1.165) is 13.1 Å². The van der Waals surface area contributed by atoms with E-state index in [-0.39, 0.29) is 6.42 Å². The Bertz CT molecular complexity index is 564. The highest BCUT2D eigenvalue weighted by Crippen LogP contribution is 2.19. The number of benzene rings is 2. The van der Waals surface area contributed by atoms with Crippen LogP contribution in [0.5, 0.6) is 0 Å². The van der Waals surface area contributed by atoms with Crippen LogP contribution in [0, 0.1) is 0 Å². The molecule has 0 amide bonds. The largest absolute Gasteiger partial charge is 0.481 e. The number of hydrogen-bond acceptors (Lipinski definition) is 2. The summed E-state index contributed by atoms with van der Waals surface area (Å²) in [4.78, 5) is 12.8. The van der Waals surface area contributed by atoms with Crippen molar-refractivity contribution in [1.29, 1.82) is 0 Å².